The fourth-order valence-electron chi connectivity index (χ4n) is 2.42. The van der Waals surface area contributed by atoms with Crippen molar-refractivity contribution in [3.8, 4) is 5.75 Å². The maximum atomic E-state index is 12.5. The fraction of sp³-hybridized carbons (Fsp3) is 0.562. The van der Waals surface area contributed by atoms with Crippen LogP contribution in [0.3, 0.4) is 0 Å². The van der Waals surface area contributed by atoms with E-state index in [4.69, 9.17) is 4.74 Å². The van der Waals surface area contributed by atoms with Crippen LogP contribution in [0.4, 0.5) is 0 Å². The van der Waals surface area contributed by atoms with Gasteiger partial charge in [-0.2, -0.15) is 0 Å². The summed E-state index contributed by atoms with van der Waals surface area (Å²) in [7, 11) is 5.58. The Morgan fingerprint density at radius 2 is 2.05 bits per heavy atom. The molecule has 22 heavy (non-hydrogen) atoms. The summed E-state index contributed by atoms with van der Waals surface area (Å²) < 4.78 is 5.15. The molecule has 6 heteroatoms. The van der Waals surface area contributed by atoms with Crippen molar-refractivity contribution in [2.24, 2.45) is 0 Å². The van der Waals surface area contributed by atoms with Crippen LogP contribution in [0.15, 0.2) is 24.3 Å². The monoisotopic (exact) mass is 324 g/mol. The zero-order valence-electron chi connectivity index (χ0n) is 13.4. The summed E-state index contributed by atoms with van der Waals surface area (Å²) in [5, 5.41) is 10.3. The number of hydrogen-bond donors (Lipinski definition) is 1. The summed E-state index contributed by atoms with van der Waals surface area (Å²) in [6.07, 6.45) is -0.997. The van der Waals surface area contributed by atoms with E-state index in [9.17, 15) is 9.90 Å². The Morgan fingerprint density at radius 1 is 1.36 bits per heavy atom. The van der Waals surface area contributed by atoms with Gasteiger partial charge in [0.15, 0.2) is 0 Å². The van der Waals surface area contributed by atoms with E-state index in [2.05, 4.69) is 0 Å². The molecule has 0 aliphatic carbocycles. The van der Waals surface area contributed by atoms with Crippen LogP contribution >= 0.6 is 11.8 Å². The van der Waals surface area contributed by atoms with Crippen molar-refractivity contribution < 1.29 is 14.6 Å². The highest BCUT2D eigenvalue weighted by molar-refractivity contribution is 7.99. The smallest absolute Gasteiger partial charge is 0.252 e. The summed E-state index contributed by atoms with van der Waals surface area (Å²) in [5.74, 6) is 1.43. The van der Waals surface area contributed by atoms with Crippen LogP contribution in [0.25, 0.3) is 0 Å². The van der Waals surface area contributed by atoms with Crippen LogP contribution in [0.2, 0.25) is 0 Å². The van der Waals surface area contributed by atoms with E-state index in [1.165, 1.54) is 0 Å². The van der Waals surface area contributed by atoms with Gasteiger partial charge < -0.3 is 19.6 Å². The van der Waals surface area contributed by atoms with Crippen LogP contribution < -0.4 is 4.74 Å². The van der Waals surface area contributed by atoms with E-state index in [0.29, 0.717) is 13.1 Å². The molecule has 1 fully saturated rings. The predicted octanol–water partition coefficient (Wildman–Crippen LogP) is 1.23. The largest absolute Gasteiger partial charge is 0.497 e. The molecule has 0 aromatic heterocycles. The molecular weight excluding hydrogens is 300 g/mol. The first-order valence-corrected chi connectivity index (χ1v) is 8.45. The average Bonchev–Trinajstić information content (AvgIpc) is 2.66. The summed E-state index contributed by atoms with van der Waals surface area (Å²) >= 11 is 1.63. The highest BCUT2D eigenvalue weighted by Crippen LogP contribution is 2.35. The summed E-state index contributed by atoms with van der Waals surface area (Å²) in [4.78, 5) is 16.3. The number of aliphatic hydroxyl groups excluding tert-OH is 1. The second-order valence-corrected chi connectivity index (χ2v) is 6.89. The number of thioether (sulfide) groups is 1. The number of amides is 1. The predicted molar refractivity (Wildman–Crippen MR) is 89.3 cm³/mol. The van der Waals surface area contributed by atoms with E-state index >= 15 is 0 Å². The van der Waals surface area contributed by atoms with Crippen molar-refractivity contribution in [3.05, 3.63) is 29.8 Å². The molecule has 2 unspecified atom stereocenters. The maximum Gasteiger partial charge on any atom is 0.252 e. The van der Waals surface area contributed by atoms with Crippen molar-refractivity contribution in [3.63, 3.8) is 0 Å². The third-order valence-corrected chi connectivity index (χ3v) is 5.08. The van der Waals surface area contributed by atoms with Crippen LogP contribution in [0, 0.1) is 0 Å². The normalized spacial score (nSPS) is 22.8. The van der Waals surface area contributed by atoms with Gasteiger partial charge in [0.05, 0.1) is 12.4 Å². The molecule has 1 aliphatic rings. The lowest BCUT2D eigenvalue weighted by atomic mass is 10.1. The summed E-state index contributed by atoms with van der Waals surface area (Å²) in [6, 6.07) is 7.56. The van der Waals surface area contributed by atoms with E-state index < -0.39 is 6.10 Å². The second kappa shape index (κ2) is 7.85. The zero-order valence-corrected chi connectivity index (χ0v) is 14.2. The molecule has 0 saturated carbocycles. The molecule has 5 nitrogen and oxygen atoms in total. The van der Waals surface area contributed by atoms with Gasteiger partial charge >= 0.3 is 0 Å². The molecule has 0 spiro atoms. The number of hydrogen-bond acceptors (Lipinski definition) is 5. The minimum absolute atomic E-state index is 0.173. The van der Waals surface area contributed by atoms with Gasteiger partial charge in [-0.15, -0.1) is 11.8 Å². The Morgan fingerprint density at radius 3 is 2.64 bits per heavy atom. The number of benzene rings is 1. The Kier molecular flexibility index (Phi) is 6.11. The lowest BCUT2D eigenvalue weighted by Gasteiger charge is -2.25. The van der Waals surface area contributed by atoms with Gasteiger partial charge in [-0.1, -0.05) is 12.1 Å². The van der Waals surface area contributed by atoms with Gasteiger partial charge in [0, 0.05) is 25.4 Å². The van der Waals surface area contributed by atoms with Crippen molar-refractivity contribution in [1.29, 1.82) is 0 Å². The topological polar surface area (TPSA) is 53.0 Å². The molecule has 1 aromatic rings. The highest BCUT2D eigenvalue weighted by Gasteiger charge is 2.34. The van der Waals surface area contributed by atoms with Gasteiger partial charge in [0.1, 0.15) is 11.9 Å². The number of carbonyl (C=O) groups excluding carboxylic acids is 1. The number of ether oxygens (including phenoxy) is 1. The SMILES string of the molecule is COc1ccc(C2SCCN(CCN(C)C)C(=O)C2O)cc1. The van der Waals surface area contributed by atoms with Crippen LogP contribution in [0.5, 0.6) is 5.75 Å². The fourth-order valence-corrected chi connectivity index (χ4v) is 3.65. The van der Waals surface area contributed by atoms with Gasteiger partial charge in [0.2, 0.25) is 0 Å². The molecule has 1 aliphatic heterocycles. The molecule has 1 heterocycles. The minimum Gasteiger partial charge on any atom is -0.497 e. The third-order valence-electron chi connectivity index (χ3n) is 3.77. The van der Waals surface area contributed by atoms with Crippen LogP contribution in [0.1, 0.15) is 10.8 Å². The van der Waals surface area contributed by atoms with Crippen LogP contribution in [-0.2, 0) is 4.79 Å². The first kappa shape index (κ1) is 17.1. The second-order valence-electron chi connectivity index (χ2n) is 5.64. The van der Waals surface area contributed by atoms with E-state index in [-0.39, 0.29) is 11.2 Å². The van der Waals surface area contributed by atoms with E-state index in [1.807, 2.05) is 43.3 Å². The van der Waals surface area contributed by atoms with Crippen molar-refractivity contribution in [1.82, 2.24) is 9.80 Å². The van der Waals surface area contributed by atoms with Gasteiger partial charge in [-0.25, -0.2) is 0 Å². The Balaban J connectivity index is 2.09. The van der Waals surface area contributed by atoms with Crippen molar-refractivity contribution in [2.75, 3.05) is 46.6 Å². The molecule has 1 amide bonds. The summed E-state index contributed by atoms with van der Waals surface area (Å²) in [6.45, 7) is 2.14. The van der Waals surface area contributed by atoms with E-state index in [0.717, 1.165) is 23.6 Å². The molecule has 1 aromatic carbocycles. The zero-order chi connectivity index (χ0) is 16.1. The minimum atomic E-state index is -0.997. The first-order valence-electron chi connectivity index (χ1n) is 7.40. The number of aliphatic hydroxyl groups is 1. The van der Waals surface area contributed by atoms with Gasteiger partial charge in [-0.3, -0.25) is 4.79 Å². The first-order chi connectivity index (χ1) is 10.5. The number of likely N-dealkylation sites (N-methyl/N-ethyl adjacent to an activating group) is 1. The quantitative estimate of drug-likeness (QED) is 0.883. The molecule has 0 bridgehead atoms. The number of methoxy groups -OCH3 is 1. The van der Waals surface area contributed by atoms with Gasteiger partial charge in [-0.05, 0) is 31.8 Å². The van der Waals surface area contributed by atoms with Gasteiger partial charge in [0.25, 0.3) is 5.91 Å². The number of nitrogens with zero attached hydrogens (tertiary/aromatic N) is 2. The molecular formula is C16H24N2O3S. The highest BCUT2D eigenvalue weighted by atomic mass is 32.2. The number of rotatable bonds is 5. The third kappa shape index (κ3) is 4.15. The lowest BCUT2D eigenvalue weighted by Crippen LogP contribution is -2.43. The molecule has 1 saturated heterocycles. The Labute approximate surface area is 136 Å². The lowest BCUT2D eigenvalue weighted by molar-refractivity contribution is -0.139. The molecule has 122 valence electrons. The number of carbonyl (C=O) groups is 1. The molecule has 0 radical (unpaired) electrons. The molecule has 2 rings (SSSR count). The standard InChI is InChI=1S/C16H24N2O3S/c1-17(2)8-9-18-10-11-22-15(14(19)16(18)20)12-4-6-13(21-3)7-5-12/h4-7,14-15,19H,8-11H2,1-3H3. The van der Waals surface area contributed by atoms with Crippen LogP contribution in [-0.4, -0.2) is 73.5 Å². The molecule has 1 N–H and O–H groups in total. The average molecular weight is 324 g/mol. The van der Waals surface area contributed by atoms with E-state index in [1.54, 1.807) is 23.8 Å². The Bertz CT molecular complexity index is 493. The summed E-state index contributed by atoms with van der Waals surface area (Å²) in [5.41, 5.74) is 0.959. The molecule has 2 atom stereocenters. The van der Waals surface area contributed by atoms with Crippen molar-refractivity contribution in [2.45, 2.75) is 11.4 Å². The Hall–Kier alpha value is -1.24. The van der Waals surface area contributed by atoms with Crippen molar-refractivity contribution >= 4 is 17.7 Å². The maximum absolute atomic E-state index is 12.5.